The Morgan fingerprint density at radius 2 is 0.729 bits per heavy atom. The normalized spacial score (nSPS) is 14.2. The molecule has 0 unspecified atom stereocenters. The maximum absolute atomic E-state index is 2.54. The fourth-order valence-electron chi connectivity index (χ4n) is 11.1. The van der Waals surface area contributed by atoms with E-state index in [-0.39, 0.29) is 5.41 Å². The van der Waals surface area contributed by atoms with E-state index in [2.05, 4.69) is 231 Å². The van der Waals surface area contributed by atoms with Crippen molar-refractivity contribution >= 4 is 17.1 Å². The van der Waals surface area contributed by atoms with Crippen molar-refractivity contribution in [1.29, 1.82) is 0 Å². The van der Waals surface area contributed by atoms with Crippen LogP contribution in [0, 0.1) is 0 Å². The van der Waals surface area contributed by atoms with Crippen LogP contribution >= 0.6 is 0 Å². The molecule has 0 saturated carbocycles. The van der Waals surface area contributed by atoms with Gasteiger partial charge in [0.1, 0.15) is 0 Å². The predicted molar refractivity (Wildman–Crippen MR) is 246 cm³/mol. The molecule has 0 bridgehead atoms. The Bertz CT molecular complexity index is 3090. The van der Waals surface area contributed by atoms with Gasteiger partial charge in [-0.25, -0.2) is 0 Å². The molecule has 0 heterocycles. The van der Waals surface area contributed by atoms with Crippen LogP contribution in [0.1, 0.15) is 47.2 Å². The molecule has 1 nitrogen and oxygen atoms in total. The quantitative estimate of drug-likeness (QED) is 0.169. The van der Waals surface area contributed by atoms with E-state index in [9.17, 15) is 0 Å². The first-order chi connectivity index (χ1) is 29.1. The van der Waals surface area contributed by atoms with E-state index in [1.54, 1.807) is 0 Å². The first-order valence-corrected chi connectivity index (χ1v) is 20.8. The Morgan fingerprint density at radius 1 is 0.305 bits per heavy atom. The van der Waals surface area contributed by atoms with E-state index in [4.69, 9.17) is 0 Å². The molecule has 0 aromatic heterocycles. The van der Waals surface area contributed by atoms with Crippen LogP contribution in [0.5, 0.6) is 0 Å². The zero-order valence-electron chi connectivity index (χ0n) is 33.2. The van der Waals surface area contributed by atoms with E-state index in [1.807, 2.05) is 0 Å². The first kappa shape index (κ1) is 33.9. The molecule has 12 rings (SSSR count). The van der Waals surface area contributed by atoms with E-state index in [0.717, 1.165) is 11.4 Å². The van der Waals surface area contributed by atoms with Crippen molar-refractivity contribution in [3.05, 3.63) is 246 Å². The van der Waals surface area contributed by atoms with Crippen molar-refractivity contribution in [3.8, 4) is 55.6 Å². The smallest absolute Gasteiger partial charge is 0.0726 e. The predicted octanol–water partition coefficient (Wildman–Crippen LogP) is 15.1. The van der Waals surface area contributed by atoms with Gasteiger partial charge in [0.15, 0.2) is 0 Å². The van der Waals surface area contributed by atoms with Crippen molar-refractivity contribution < 1.29 is 0 Å². The highest BCUT2D eigenvalue weighted by atomic mass is 15.1. The van der Waals surface area contributed by atoms with Crippen molar-refractivity contribution in [2.24, 2.45) is 0 Å². The molecule has 3 aliphatic carbocycles. The molecular formula is C58H41N. The minimum Gasteiger partial charge on any atom is -0.309 e. The zero-order chi connectivity index (χ0) is 39.3. The zero-order valence-corrected chi connectivity index (χ0v) is 33.2. The second-order valence-electron chi connectivity index (χ2n) is 16.8. The average Bonchev–Trinajstić information content (AvgIpc) is 3.86. The highest BCUT2D eigenvalue weighted by molar-refractivity contribution is 6.03. The summed E-state index contributed by atoms with van der Waals surface area (Å²) in [5, 5.41) is 0. The molecule has 0 fully saturated rings. The van der Waals surface area contributed by atoms with Crippen molar-refractivity contribution in [2.45, 2.75) is 24.7 Å². The average molecular weight is 752 g/mol. The summed E-state index contributed by atoms with van der Waals surface area (Å²) >= 11 is 0. The van der Waals surface area contributed by atoms with E-state index < -0.39 is 5.41 Å². The fourth-order valence-corrected chi connectivity index (χ4v) is 11.1. The monoisotopic (exact) mass is 751 g/mol. The van der Waals surface area contributed by atoms with Crippen LogP contribution in [0.4, 0.5) is 17.1 Å². The molecule has 0 aliphatic heterocycles. The Balaban J connectivity index is 1.14. The van der Waals surface area contributed by atoms with Gasteiger partial charge in [-0.05, 0) is 102 Å². The molecule has 59 heavy (non-hydrogen) atoms. The van der Waals surface area contributed by atoms with Crippen LogP contribution in [-0.4, -0.2) is 0 Å². The minimum absolute atomic E-state index is 0.166. The van der Waals surface area contributed by atoms with Gasteiger partial charge in [-0.1, -0.05) is 202 Å². The number of nitrogens with zero attached hydrogens (tertiary/aromatic N) is 1. The van der Waals surface area contributed by atoms with Crippen LogP contribution in [0.25, 0.3) is 55.6 Å². The number of hydrogen-bond donors (Lipinski definition) is 0. The third-order valence-corrected chi connectivity index (χ3v) is 13.5. The van der Waals surface area contributed by atoms with Crippen LogP contribution in [-0.2, 0) is 10.8 Å². The van der Waals surface area contributed by atoms with E-state index in [0.29, 0.717) is 0 Å². The number of benzene rings is 9. The maximum atomic E-state index is 2.54. The number of anilines is 3. The lowest BCUT2D eigenvalue weighted by Crippen LogP contribution is -2.26. The number of hydrogen-bond acceptors (Lipinski definition) is 1. The third kappa shape index (κ3) is 4.62. The van der Waals surface area contributed by atoms with Crippen LogP contribution in [0.15, 0.2) is 212 Å². The number of para-hydroxylation sites is 1. The molecular weight excluding hydrogens is 711 g/mol. The molecule has 1 spiro atoms. The highest BCUT2D eigenvalue weighted by Crippen LogP contribution is 2.65. The Labute approximate surface area is 346 Å². The highest BCUT2D eigenvalue weighted by Gasteiger charge is 2.52. The summed E-state index contributed by atoms with van der Waals surface area (Å²) in [5.74, 6) is 0. The molecule has 278 valence electrons. The molecule has 0 N–H and O–H groups in total. The fraction of sp³-hybridized carbons (Fsp3) is 0.0690. The molecule has 0 amide bonds. The van der Waals surface area contributed by atoms with Crippen molar-refractivity contribution in [1.82, 2.24) is 0 Å². The topological polar surface area (TPSA) is 3.24 Å². The van der Waals surface area contributed by atoms with Gasteiger partial charge < -0.3 is 4.90 Å². The van der Waals surface area contributed by atoms with Crippen molar-refractivity contribution in [2.75, 3.05) is 4.90 Å². The summed E-state index contributed by atoms with van der Waals surface area (Å²) in [7, 11) is 0. The van der Waals surface area contributed by atoms with Crippen LogP contribution in [0.2, 0.25) is 0 Å². The third-order valence-electron chi connectivity index (χ3n) is 13.5. The Hall–Kier alpha value is -7.22. The molecule has 0 atom stereocenters. The SMILES string of the molecule is CC1(C)c2ccccc2-c2cccc(-c3ccccc3N(c3ccc(-c4ccccc4)cc3)c3cccc4c3-c3ccccc3C43c4ccccc4-c4ccccc43)c21. The minimum atomic E-state index is -0.437. The lowest BCUT2D eigenvalue weighted by Gasteiger charge is -2.33. The Kier molecular flexibility index (Phi) is 7.26. The van der Waals surface area contributed by atoms with Gasteiger partial charge >= 0.3 is 0 Å². The molecule has 3 aliphatic rings. The molecule has 1 heteroatoms. The van der Waals surface area contributed by atoms with E-state index in [1.165, 1.54) is 94.7 Å². The van der Waals surface area contributed by atoms with Crippen LogP contribution in [0.3, 0.4) is 0 Å². The van der Waals surface area contributed by atoms with Crippen LogP contribution < -0.4 is 4.90 Å². The Morgan fingerprint density at radius 3 is 1.39 bits per heavy atom. The second kappa shape index (κ2) is 12.6. The van der Waals surface area contributed by atoms with Gasteiger partial charge in [0.25, 0.3) is 0 Å². The van der Waals surface area contributed by atoms with Gasteiger partial charge in [0.05, 0.1) is 16.8 Å². The lowest BCUT2D eigenvalue weighted by atomic mass is 9.70. The molecule has 9 aromatic rings. The van der Waals surface area contributed by atoms with Gasteiger partial charge in [-0.15, -0.1) is 0 Å². The van der Waals surface area contributed by atoms with Crippen molar-refractivity contribution in [3.63, 3.8) is 0 Å². The summed E-state index contributed by atoms with van der Waals surface area (Å²) in [6.07, 6.45) is 0. The summed E-state index contributed by atoms with van der Waals surface area (Å²) < 4.78 is 0. The second-order valence-corrected chi connectivity index (χ2v) is 16.8. The summed E-state index contributed by atoms with van der Waals surface area (Å²) in [4.78, 5) is 2.54. The molecule has 9 aromatic carbocycles. The standard InChI is InChI=1S/C58H41N/c1-57(2)48-27-11-6-22-43(48)45-25-16-26-46(56(45)57)44-23-10-15-32-53(44)59(40-36-34-39(35-37-40)38-18-4-3-5-19-38)54-33-17-31-52-55(54)47-24-9-14-30-51(47)58(52)49-28-12-7-20-41(49)42-21-8-13-29-50(42)58/h3-37H,1-2H3. The maximum Gasteiger partial charge on any atom is 0.0726 e. The van der Waals surface area contributed by atoms with Gasteiger partial charge in [-0.2, -0.15) is 0 Å². The van der Waals surface area contributed by atoms with Gasteiger partial charge in [-0.3, -0.25) is 0 Å². The largest absolute Gasteiger partial charge is 0.309 e. The van der Waals surface area contributed by atoms with Gasteiger partial charge in [0.2, 0.25) is 0 Å². The molecule has 0 radical (unpaired) electrons. The lowest BCUT2D eigenvalue weighted by molar-refractivity contribution is 0.662. The number of rotatable bonds is 5. The number of fused-ring (bicyclic) bond motifs is 13. The van der Waals surface area contributed by atoms with E-state index >= 15 is 0 Å². The first-order valence-electron chi connectivity index (χ1n) is 20.8. The summed E-state index contributed by atoms with van der Waals surface area (Å²) in [5.41, 5.74) is 23.7. The summed E-state index contributed by atoms with van der Waals surface area (Å²) in [6, 6.07) is 79.1. The molecule has 0 saturated heterocycles. The van der Waals surface area contributed by atoms with Gasteiger partial charge in [0, 0.05) is 22.2 Å². The summed E-state index contributed by atoms with van der Waals surface area (Å²) in [6.45, 7) is 4.78.